The van der Waals surface area contributed by atoms with Crippen LogP contribution in [0.4, 0.5) is 11.9 Å². The molecular weight excluding hydrogens is 404 g/mol. The number of amides is 1. The molecule has 0 saturated heterocycles. The first kappa shape index (κ1) is 19.8. The van der Waals surface area contributed by atoms with Gasteiger partial charge in [0.1, 0.15) is 11.4 Å². The van der Waals surface area contributed by atoms with E-state index in [1.54, 1.807) is 19.0 Å². The van der Waals surface area contributed by atoms with Crippen LogP contribution in [0.1, 0.15) is 15.5 Å². The molecule has 146 valence electrons. The summed E-state index contributed by atoms with van der Waals surface area (Å²) in [6, 6.07) is 7.42. The monoisotopic (exact) mass is 420 g/mol. The number of hydrogen-bond donors (Lipinski definition) is 2. The Balaban J connectivity index is 1.57. The molecule has 3 N–H and O–H groups in total. The van der Waals surface area contributed by atoms with Crippen LogP contribution in [0.3, 0.4) is 0 Å². The molecule has 0 atom stereocenters. The first-order chi connectivity index (χ1) is 13.3. The van der Waals surface area contributed by atoms with Crippen molar-refractivity contribution in [2.45, 2.75) is 6.61 Å². The summed E-state index contributed by atoms with van der Waals surface area (Å²) in [5, 5.41) is 3.67. The van der Waals surface area contributed by atoms with Crippen molar-refractivity contribution in [1.29, 1.82) is 0 Å². The third-order valence-corrected chi connectivity index (χ3v) is 5.26. The quantitative estimate of drug-likeness (QED) is 0.579. The van der Waals surface area contributed by atoms with Crippen LogP contribution < -0.4 is 16.0 Å². The first-order valence-electron chi connectivity index (χ1n) is 8.13. The molecule has 0 spiro atoms. The predicted octanol–water partition coefficient (Wildman–Crippen LogP) is 1.86. The van der Waals surface area contributed by atoms with Crippen molar-refractivity contribution in [3.63, 3.8) is 0 Å². The van der Waals surface area contributed by atoms with Gasteiger partial charge >= 0.3 is 5.97 Å². The molecule has 0 aliphatic carbocycles. The van der Waals surface area contributed by atoms with Gasteiger partial charge in [0.25, 0.3) is 5.91 Å². The topological polar surface area (TPSA) is 123 Å². The fourth-order valence-electron chi connectivity index (χ4n) is 2.28. The molecule has 0 radical (unpaired) electrons. The van der Waals surface area contributed by atoms with Gasteiger partial charge in [-0.15, -0.1) is 11.3 Å². The number of benzene rings is 1. The Bertz CT molecular complexity index is 1040. The molecule has 1 amide bonds. The van der Waals surface area contributed by atoms with Gasteiger partial charge in [0.2, 0.25) is 11.9 Å². The van der Waals surface area contributed by atoms with Crippen LogP contribution in [0.5, 0.6) is 0 Å². The van der Waals surface area contributed by atoms with Crippen LogP contribution in [0.2, 0.25) is 5.02 Å². The van der Waals surface area contributed by atoms with Gasteiger partial charge in [-0.2, -0.15) is 15.0 Å². The smallest absolute Gasteiger partial charge is 0.325 e. The molecule has 0 bridgehead atoms. The number of nitrogens with one attached hydrogen (secondary N) is 1. The average molecular weight is 421 g/mol. The summed E-state index contributed by atoms with van der Waals surface area (Å²) in [4.78, 5) is 38.3. The molecule has 0 aliphatic heterocycles. The second kappa shape index (κ2) is 8.36. The zero-order valence-corrected chi connectivity index (χ0v) is 16.7. The molecule has 0 aliphatic rings. The number of ether oxygens (including phenoxy) is 1. The molecule has 0 saturated carbocycles. The molecule has 28 heavy (non-hydrogen) atoms. The first-order valence-corrected chi connectivity index (χ1v) is 9.33. The lowest BCUT2D eigenvalue weighted by Gasteiger charge is -2.11. The van der Waals surface area contributed by atoms with Gasteiger partial charge in [0.15, 0.2) is 12.4 Å². The maximum absolute atomic E-state index is 12.3. The van der Waals surface area contributed by atoms with E-state index < -0.39 is 11.9 Å². The Morgan fingerprint density at radius 3 is 2.71 bits per heavy atom. The Labute approximate surface area is 169 Å². The summed E-state index contributed by atoms with van der Waals surface area (Å²) < 4.78 is 5.98. The van der Waals surface area contributed by atoms with E-state index in [0.717, 1.165) is 10.1 Å². The summed E-state index contributed by atoms with van der Waals surface area (Å²) >= 11 is 7.52. The molecule has 1 aromatic carbocycles. The van der Waals surface area contributed by atoms with Crippen molar-refractivity contribution in [3.8, 4) is 0 Å². The van der Waals surface area contributed by atoms with Gasteiger partial charge in [-0.05, 0) is 6.07 Å². The lowest BCUT2D eigenvalue weighted by atomic mass is 10.2. The van der Waals surface area contributed by atoms with E-state index in [4.69, 9.17) is 22.1 Å². The van der Waals surface area contributed by atoms with Crippen LogP contribution in [0.25, 0.3) is 10.1 Å². The van der Waals surface area contributed by atoms with Crippen molar-refractivity contribution in [2.75, 3.05) is 31.3 Å². The van der Waals surface area contributed by atoms with E-state index in [1.807, 2.05) is 24.3 Å². The highest BCUT2D eigenvalue weighted by Gasteiger charge is 2.18. The summed E-state index contributed by atoms with van der Waals surface area (Å²) in [7, 11) is 3.50. The van der Waals surface area contributed by atoms with Crippen LogP contribution in [-0.4, -0.2) is 47.5 Å². The minimum absolute atomic E-state index is 0.0254. The average Bonchev–Trinajstić information content (AvgIpc) is 3.01. The Morgan fingerprint density at radius 1 is 1.25 bits per heavy atom. The number of halogens is 1. The van der Waals surface area contributed by atoms with Gasteiger partial charge in [-0.1, -0.05) is 29.8 Å². The zero-order chi connectivity index (χ0) is 20.3. The third-order valence-electron chi connectivity index (χ3n) is 3.58. The molecule has 0 unspecified atom stereocenters. The van der Waals surface area contributed by atoms with Crippen molar-refractivity contribution in [1.82, 2.24) is 20.3 Å². The Hall–Kier alpha value is -2.98. The molecule has 2 heterocycles. The number of nitrogens with two attached hydrogens (primary N) is 1. The number of thiophene rings is 1. The summed E-state index contributed by atoms with van der Waals surface area (Å²) in [5.74, 6) is -0.495. The highest BCUT2D eigenvalue weighted by Crippen LogP contribution is 2.34. The number of hydrogen-bond acceptors (Lipinski definition) is 9. The van der Waals surface area contributed by atoms with E-state index in [0.29, 0.717) is 15.8 Å². The van der Waals surface area contributed by atoms with E-state index in [9.17, 15) is 9.59 Å². The highest BCUT2D eigenvalue weighted by atomic mass is 35.5. The van der Waals surface area contributed by atoms with Gasteiger partial charge in [-0.3, -0.25) is 9.59 Å². The maximum atomic E-state index is 12.3. The van der Waals surface area contributed by atoms with E-state index in [1.165, 1.54) is 11.3 Å². The van der Waals surface area contributed by atoms with Gasteiger partial charge < -0.3 is 20.7 Å². The molecule has 3 aromatic rings. The van der Waals surface area contributed by atoms with Crippen LogP contribution in [0.15, 0.2) is 24.3 Å². The number of fused-ring (bicyclic) bond motifs is 1. The van der Waals surface area contributed by atoms with Crippen LogP contribution in [-0.2, 0) is 16.1 Å². The predicted molar refractivity (Wildman–Crippen MR) is 108 cm³/mol. The van der Waals surface area contributed by atoms with Crippen molar-refractivity contribution in [2.24, 2.45) is 0 Å². The number of nitrogen functional groups attached to an aromatic ring is 1. The third kappa shape index (κ3) is 4.46. The second-order valence-corrected chi connectivity index (χ2v) is 7.32. The Kier molecular flexibility index (Phi) is 5.90. The highest BCUT2D eigenvalue weighted by molar-refractivity contribution is 7.21. The van der Waals surface area contributed by atoms with Crippen molar-refractivity contribution in [3.05, 3.63) is 40.0 Å². The number of anilines is 2. The number of nitrogens with zero attached hydrogens (tertiary/aromatic N) is 4. The zero-order valence-electron chi connectivity index (χ0n) is 15.1. The number of carbonyl (C=O) groups is 2. The summed E-state index contributed by atoms with van der Waals surface area (Å²) in [6.07, 6.45) is 0. The number of aromatic nitrogens is 3. The van der Waals surface area contributed by atoms with Gasteiger partial charge in [-0.25, -0.2) is 0 Å². The molecule has 3 rings (SSSR count). The fraction of sp³-hybridized carbons (Fsp3) is 0.235. The SMILES string of the molecule is CN(C)c1nc(N)nc(COC(=O)CNC(=O)c2sc3ccccc3c2Cl)n1. The van der Waals surface area contributed by atoms with E-state index in [-0.39, 0.29) is 24.9 Å². The fourth-order valence-corrected chi connectivity index (χ4v) is 3.71. The standard InChI is InChI=1S/C17H17ClN6O3S/c1-24(2)17-22-11(21-16(19)23-17)8-27-12(25)7-20-15(26)14-13(18)9-5-3-4-6-10(9)28-14/h3-6H,7-8H2,1-2H3,(H,20,26)(H2,19,21,22,23). The lowest BCUT2D eigenvalue weighted by Crippen LogP contribution is -2.30. The Morgan fingerprint density at radius 2 is 2.00 bits per heavy atom. The maximum Gasteiger partial charge on any atom is 0.325 e. The van der Waals surface area contributed by atoms with Gasteiger partial charge in [0.05, 0.1) is 5.02 Å². The normalized spacial score (nSPS) is 10.7. The minimum Gasteiger partial charge on any atom is -0.456 e. The number of carbonyl (C=O) groups excluding carboxylic acids is 2. The van der Waals surface area contributed by atoms with Crippen molar-refractivity contribution >= 4 is 56.8 Å². The molecule has 11 heteroatoms. The molecule has 0 fully saturated rings. The molecule has 2 aromatic heterocycles. The molecular formula is C17H17ClN6O3S. The number of esters is 1. The van der Waals surface area contributed by atoms with Crippen molar-refractivity contribution < 1.29 is 14.3 Å². The largest absolute Gasteiger partial charge is 0.456 e. The van der Waals surface area contributed by atoms with Crippen LogP contribution >= 0.6 is 22.9 Å². The molecule has 9 nitrogen and oxygen atoms in total. The van der Waals surface area contributed by atoms with Gasteiger partial charge in [0, 0.05) is 24.2 Å². The number of rotatable bonds is 6. The van der Waals surface area contributed by atoms with E-state index in [2.05, 4.69) is 20.3 Å². The lowest BCUT2D eigenvalue weighted by molar-refractivity contribution is -0.143. The van der Waals surface area contributed by atoms with Crippen LogP contribution in [0, 0.1) is 0 Å². The van der Waals surface area contributed by atoms with E-state index >= 15 is 0 Å². The minimum atomic E-state index is -0.643. The summed E-state index contributed by atoms with van der Waals surface area (Å²) in [5.41, 5.74) is 5.61. The summed E-state index contributed by atoms with van der Waals surface area (Å²) in [6.45, 7) is -0.504. The second-order valence-electron chi connectivity index (χ2n) is 5.89.